The first-order chi connectivity index (χ1) is 8.26. The summed E-state index contributed by atoms with van der Waals surface area (Å²) in [7, 11) is -3.30. The molecular formula is C13H23NO2S2. The number of rotatable bonds is 6. The molecule has 0 aromatic carbocycles. The number of unbranched alkanes of at least 4 members (excludes halogenated alkanes) is 2. The van der Waals surface area contributed by atoms with Crippen LogP contribution in [0, 0.1) is 0 Å². The summed E-state index contributed by atoms with van der Waals surface area (Å²) < 4.78 is 25.9. The van der Waals surface area contributed by atoms with Gasteiger partial charge in [-0.2, -0.15) is 0 Å². The van der Waals surface area contributed by atoms with Crippen LogP contribution in [-0.2, 0) is 16.4 Å². The zero-order valence-electron chi connectivity index (χ0n) is 11.6. The van der Waals surface area contributed by atoms with E-state index in [4.69, 9.17) is 0 Å². The van der Waals surface area contributed by atoms with Crippen molar-refractivity contribution in [3.05, 3.63) is 17.0 Å². The quantitative estimate of drug-likeness (QED) is 0.804. The molecule has 0 bridgehead atoms. The molecule has 1 aromatic heterocycles. The molecule has 0 atom stereocenters. The maximum Gasteiger partial charge on any atom is 0.238 e. The molecule has 5 heteroatoms. The molecule has 0 aliphatic carbocycles. The van der Waals surface area contributed by atoms with Crippen LogP contribution in [0.4, 0.5) is 5.00 Å². The molecule has 0 fully saturated rings. The van der Waals surface area contributed by atoms with Crippen molar-refractivity contribution in [3.8, 4) is 0 Å². The van der Waals surface area contributed by atoms with Crippen LogP contribution in [0.15, 0.2) is 12.1 Å². The van der Waals surface area contributed by atoms with Crippen LogP contribution in [0.3, 0.4) is 0 Å². The van der Waals surface area contributed by atoms with E-state index in [1.54, 1.807) is 20.8 Å². The van der Waals surface area contributed by atoms with Crippen molar-refractivity contribution >= 4 is 26.4 Å². The minimum Gasteiger partial charge on any atom is -0.274 e. The molecule has 0 aliphatic rings. The minimum absolute atomic E-state index is 0.719. The van der Waals surface area contributed by atoms with Crippen molar-refractivity contribution < 1.29 is 8.42 Å². The van der Waals surface area contributed by atoms with Crippen molar-refractivity contribution in [3.63, 3.8) is 0 Å². The summed E-state index contributed by atoms with van der Waals surface area (Å²) in [6.07, 6.45) is 4.63. The SMILES string of the molecule is CCCCCc1ccc(NS(=O)(=O)C(C)(C)C)s1. The normalized spacial score (nSPS) is 12.7. The zero-order chi connectivity index (χ0) is 13.8. The molecular weight excluding hydrogens is 266 g/mol. The van der Waals surface area contributed by atoms with Gasteiger partial charge in [0.2, 0.25) is 10.0 Å². The molecule has 1 heterocycles. The van der Waals surface area contributed by atoms with Gasteiger partial charge in [-0.3, -0.25) is 4.72 Å². The summed E-state index contributed by atoms with van der Waals surface area (Å²) >= 11 is 1.54. The van der Waals surface area contributed by atoms with Crippen LogP contribution < -0.4 is 4.72 Å². The monoisotopic (exact) mass is 289 g/mol. The number of thiophene rings is 1. The Morgan fingerprint density at radius 3 is 2.44 bits per heavy atom. The summed E-state index contributed by atoms with van der Waals surface area (Å²) in [6, 6.07) is 3.87. The van der Waals surface area contributed by atoms with Gasteiger partial charge in [-0.25, -0.2) is 8.42 Å². The summed E-state index contributed by atoms with van der Waals surface area (Å²) in [5.41, 5.74) is 0. The summed E-state index contributed by atoms with van der Waals surface area (Å²) in [6.45, 7) is 7.28. The topological polar surface area (TPSA) is 46.2 Å². The number of hydrogen-bond donors (Lipinski definition) is 1. The molecule has 104 valence electrons. The summed E-state index contributed by atoms with van der Waals surface area (Å²) in [5, 5.41) is 0.719. The average molecular weight is 289 g/mol. The Bertz CT molecular complexity index is 469. The summed E-state index contributed by atoms with van der Waals surface area (Å²) in [5.74, 6) is 0. The predicted molar refractivity (Wildman–Crippen MR) is 79.8 cm³/mol. The average Bonchev–Trinajstić information content (AvgIpc) is 2.63. The third kappa shape index (κ3) is 4.28. The van der Waals surface area contributed by atoms with Crippen LogP contribution in [-0.4, -0.2) is 13.2 Å². The Morgan fingerprint density at radius 2 is 1.89 bits per heavy atom. The third-order valence-electron chi connectivity index (χ3n) is 2.73. The molecule has 0 unspecified atom stereocenters. The Kier molecular flexibility index (Phi) is 5.22. The van der Waals surface area contributed by atoms with Gasteiger partial charge in [0.15, 0.2) is 0 Å². The highest BCUT2D eigenvalue weighted by Crippen LogP contribution is 2.27. The van der Waals surface area contributed by atoms with E-state index in [0.29, 0.717) is 0 Å². The molecule has 0 radical (unpaired) electrons. The Labute approximate surface area is 115 Å². The molecule has 18 heavy (non-hydrogen) atoms. The van der Waals surface area contributed by atoms with E-state index < -0.39 is 14.8 Å². The van der Waals surface area contributed by atoms with E-state index in [-0.39, 0.29) is 0 Å². The molecule has 0 aliphatic heterocycles. The maximum absolute atomic E-state index is 12.0. The van der Waals surface area contributed by atoms with Crippen molar-refractivity contribution in [2.24, 2.45) is 0 Å². The van der Waals surface area contributed by atoms with Gasteiger partial charge in [0.25, 0.3) is 0 Å². The molecule has 0 amide bonds. The van der Waals surface area contributed by atoms with Gasteiger partial charge < -0.3 is 0 Å². The number of sulfonamides is 1. The van der Waals surface area contributed by atoms with Gasteiger partial charge in [-0.05, 0) is 45.7 Å². The number of aryl methyl sites for hydroxylation is 1. The first-order valence-electron chi connectivity index (χ1n) is 6.37. The third-order valence-corrected chi connectivity index (χ3v) is 6.02. The van der Waals surface area contributed by atoms with Gasteiger partial charge in [-0.1, -0.05) is 19.8 Å². The van der Waals surface area contributed by atoms with Crippen LogP contribution in [0.2, 0.25) is 0 Å². The van der Waals surface area contributed by atoms with E-state index >= 15 is 0 Å². The van der Waals surface area contributed by atoms with Crippen LogP contribution >= 0.6 is 11.3 Å². The Balaban J connectivity index is 2.65. The highest BCUT2D eigenvalue weighted by Gasteiger charge is 2.29. The second-order valence-corrected chi connectivity index (χ2v) is 9.05. The number of nitrogens with one attached hydrogen (secondary N) is 1. The maximum atomic E-state index is 12.0. The van der Waals surface area contributed by atoms with E-state index in [1.807, 2.05) is 12.1 Å². The Morgan fingerprint density at radius 1 is 1.22 bits per heavy atom. The fraction of sp³-hybridized carbons (Fsp3) is 0.692. The van der Waals surface area contributed by atoms with Crippen molar-refractivity contribution in [1.29, 1.82) is 0 Å². The van der Waals surface area contributed by atoms with E-state index in [0.717, 1.165) is 11.4 Å². The van der Waals surface area contributed by atoms with Crippen molar-refractivity contribution in [2.45, 2.75) is 58.1 Å². The van der Waals surface area contributed by atoms with Gasteiger partial charge in [0.1, 0.15) is 5.00 Å². The first kappa shape index (κ1) is 15.5. The number of anilines is 1. The Hall–Kier alpha value is -0.550. The lowest BCUT2D eigenvalue weighted by molar-refractivity contribution is 0.566. The molecule has 1 aromatic rings. The highest BCUT2D eigenvalue weighted by atomic mass is 32.2. The molecule has 1 N–H and O–H groups in total. The lowest BCUT2D eigenvalue weighted by atomic mass is 10.2. The van der Waals surface area contributed by atoms with Crippen LogP contribution in [0.25, 0.3) is 0 Å². The number of hydrogen-bond acceptors (Lipinski definition) is 3. The van der Waals surface area contributed by atoms with E-state index in [9.17, 15) is 8.42 Å². The zero-order valence-corrected chi connectivity index (χ0v) is 13.2. The second-order valence-electron chi connectivity index (χ2n) is 5.44. The molecule has 0 saturated heterocycles. The predicted octanol–water partition coefficient (Wildman–Crippen LogP) is 4.02. The van der Waals surface area contributed by atoms with Gasteiger partial charge in [-0.15, -0.1) is 11.3 Å². The van der Waals surface area contributed by atoms with Gasteiger partial charge in [0.05, 0.1) is 4.75 Å². The first-order valence-corrected chi connectivity index (χ1v) is 8.67. The fourth-order valence-corrected chi connectivity index (χ4v) is 3.34. The van der Waals surface area contributed by atoms with E-state index in [2.05, 4.69) is 11.6 Å². The van der Waals surface area contributed by atoms with Gasteiger partial charge >= 0.3 is 0 Å². The summed E-state index contributed by atoms with van der Waals surface area (Å²) in [4.78, 5) is 1.25. The van der Waals surface area contributed by atoms with Crippen molar-refractivity contribution in [2.75, 3.05) is 4.72 Å². The second kappa shape index (κ2) is 6.06. The molecule has 3 nitrogen and oxygen atoms in total. The lowest BCUT2D eigenvalue weighted by Crippen LogP contribution is -2.33. The minimum atomic E-state index is -3.30. The fourth-order valence-electron chi connectivity index (χ4n) is 1.40. The van der Waals surface area contributed by atoms with Gasteiger partial charge in [0, 0.05) is 4.88 Å². The van der Waals surface area contributed by atoms with Crippen molar-refractivity contribution in [1.82, 2.24) is 0 Å². The van der Waals surface area contributed by atoms with Crippen LogP contribution in [0.5, 0.6) is 0 Å². The molecule has 0 spiro atoms. The highest BCUT2D eigenvalue weighted by molar-refractivity contribution is 7.94. The standard InChI is InChI=1S/C13H23NO2S2/c1-5-6-7-8-11-9-10-12(17-11)14-18(15,16)13(2,3)4/h9-10,14H,5-8H2,1-4H3. The lowest BCUT2D eigenvalue weighted by Gasteiger charge is -2.19. The smallest absolute Gasteiger partial charge is 0.238 e. The molecule has 0 saturated carbocycles. The largest absolute Gasteiger partial charge is 0.274 e. The van der Waals surface area contributed by atoms with E-state index in [1.165, 1.54) is 35.5 Å². The molecule has 1 rings (SSSR count). The van der Waals surface area contributed by atoms with Crippen LogP contribution in [0.1, 0.15) is 51.8 Å².